The van der Waals surface area contributed by atoms with Crippen LogP contribution in [0.4, 0.5) is 0 Å². The summed E-state index contributed by atoms with van der Waals surface area (Å²) in [6.45, 7) is 6.60. The Kier molecular flexibility index (Phi) is 5.03. The zero-order valence-electron chi connectivity index (χ0n) is 7.53. The topological polar surface area (TPSA) is 72.6 Å². The summed E-state index contributed by atoms with van der Waals surface area (Å²) in [6.07, 6.45) is 3.15. The fourth-order valence-electron chi connectivity index (χ4n) is 0.870. The van der Waals surface area contributed by atoms with Crippen molar-refractivity contribution in [2.75, 3.05) is 13.2 Å². The summed E-state index contributed by atoms with van der Waals surface area (Å²) in [4.78, 5) is 11.0. The summed E-state index contributed by atoms with van der Waals surface area (Å²) in [5.41, 5.74) is 3.75. The van der Waals surface area contributed by atoms with E-state index in [0.29, 0.717) is 0 Å². The molecule has 0 heterocycles. The standard InChI is InChI=1S/C9H15NO3/c1-3-5-9(7-11,8(10)12)13-6-4-2/h3-4,11H,1-2,5-7H2,(H2,10,12). The van der Waals surface area contributed by atoms with E-state index in [1.165, 1.54) is 12.2 Å². The van der Waals surface area contributed by atoms with Gasteiger partial charge in [0.2, 0.25) is 0 Å². The van der Waals surface area contributed by atoms with Crippen molar-refractivity contribution in [1.29, 1.82) is 0 Å². The molecule has 0 saturated heterocycles. The fourth-order valence-corrected chi connectivity index (χ4v) is 0.870. The normalized spacial score (nSPS) is 14.5. The Hall–Kier alpha value is -1.13. The molecule has 3 N–H and O–H groups in total. The number of hydrogen-bond donors (Lipinski definition) is 2. The number of primary amides is 1. The lowest BCUT2D eigenvalue weighted by molar-refractivity contribution is -0.147. The van der Waals surface area contributed by atoms with Crippen LogP contribution in [0.1, 0.15) is 6.42 Å². The number of ether oxygens (including phenoxy) is 1. The predicted molar refractivity (Wildman–Crippen MR) is 50.0 cm³/mol. The van der Waals surface area contributed by atoms with E-state index in [-0.39, 0.29) is 13.0 Å². The van der Waals surface area contributed by atoms with Crippen molar-refractivity contribution >= 4 is 5.91 Å². The number of amides is 1. The molecular formula is C9H15NO3. The van der Waals surface area contributed by atoms with Gasteiger partial charge in [-0.05, 0) is 0 Å². The number of carbonyl (C=O) groups excluding carboxylic acids is 1. The Morgan fingerprint density at radius 1 is 1.54 bits per heavy atom. The number of nitrogens with two attached hydrogens (primary N) is 1. The molecule has 1 amide bonds. The molecule has 0 aliphatic carbocycles. The molecule has 0 aliphatic rings. The smallest absolute Gasteiger partial charge is 0.252 e. The maximum atomic E-state index is 11.0. The van der Waals surface area contributed by atoms with Crippen molar-refractivity contribution in [1.82, 2.24) is 0 Å². The Bertz CT molecular complexity index is 203. The highest BCUT2D eigenvalue weighted by atomic mass is 16.5. The molecule has 1 atom stereocenters. The van der Waals surface area contributed by atoms with E-state index in [1.54, 1.807) is 0 Å². The third-order valence-corrected chi connectivity index (χ3v) is 1.66. The van der Waals surface area contributed by atoms with Gasteiger partial charge in [0, 0.05) is 6.42 Å². The molecule has 4 heteroatoms. The van der Waals surface area contributed by atoms with Crippen molar-refractivity contribution in [3.63, 3.8) is 0 Å². The average molecular weight is 185 g/mol. The van der Waals surface area contributed by atoms with E-state index in [0.717, 1.165) is 0 Å². The summed E-state index contributed by atoms with van der Waals surface area (Å²) in [5, 5.41) is 9.00. The van der Waals surface area contributed by atoms with Crippen LogP contribution >= 0.6 is 0 Å². The summed E-state index contributed by atoms with van der Waals surface area (Å²) in [6, 6.07) is 0. The minimum Gasteiger partial charge on any atom is -0.393 e. The molecule has 0 spiro atoms. The van der Waals surface area contributed by atoms with Gasteiger partial charge in [0.15, 0.2) is 5.60 Å². The van der Waals surface area contributed by atoms with Gasteiger partial charge in [-0.2, -0.15) is 0 Å². The maximum Gasteiger partial charge on any atom is 0.252 e. The monoisotopic (exact) mass is 185 g/mol. The van der Waals surface area contributed by atoms with Gasteiger partial charge in [-0.1, -0.05) is 12.2 Å². The zero-order valence-corrected chi connectivity index (χ0v) is 7.53. The second-order valence-electron chi connectivity index (χ2n) is 2.61. The third kappa shape index (κ3) is 3.01. The number of hydrogen-bond acceptors (Lipinski definition) is 3. The molecular weight excluding hydrogens is 170 g/mol. The lowest BCUT2D eigenvalue weighted by Gasteiger charge is -2.26. The maximum absolute atomic E-state index is 11.0. The Morgan fingerprint density at radius 3 is 2.46 bits per heavy atom. The molecule has 0 bridgehead atoms. The van der Waals surface area contributed by atoms with Crippen LogP contribution in [-0.4, -0.2) is 29.8 Å². The van der Waals surface area contributed by atoms with Gasteiger partial charge in [-0.25, -0.2) is 0 Å². The van der Waals surface area contributed by atoms with Gasteiger partial charge < -0.3 is 15.6 Å². The Morgan fingerprint density at radius 2 is 2.15 bits per heavy atom. The van der Waals surface area contributed by atoms with Crippen LogP contribution < -0.4 is 5.73 Å². The van der Waals surface area contributed by atoms with Crippen LogP contribution in [0, 0.1) is 0 Å². The average Bonchev–Trinajstić information content (AvgIpc) is 2.12. The molecule has 0 fully saturated rings. The second kappa shape index (κ2) is 5.50. The van der Waals surface area contributed by atoms with Gasteiger partial charge >= 0.3 is 0 Å². The van der Waals surface area contributed by atoms with Gasteiger partial charge in [-0.3, -0.25) is 4.79 Å². The number of aliphatic hydroxyl groups excluding tert-OH is 1. The Labute approximate surface area is 77.7 Å². The van der Waals surface area contributed by atoms with E-state index >= 15 is 0 Å². The quantitative estimate of drug-likeness (QED) is 0.547. The molecule has 74 valence electrons. The first kappa shape index (κ1) is 11.9. The van der Waals surface area contributed by atoms with E-state index in [1.807, 2.05) is 0 Å². The first-order chi connectivity index (χ1) is 6.13. The summed E-state index contributed by atoms with van der Waals surface area (Å²) < 4.78 is 5.12. The van der Waals surface area contributed by atoms with E-state index < -0.39 is 18.1 Å². The van der Waals surface area contributed by atoms with Crippen molar-refractivity contribution < 1.29 is 14.6 Å². The van der Waals surface area contributed by atoms with Crippen LogP contribution in [0.2, 0.25) is 0 Å². The van der Waals surface area contributed by atoms with Crippen molar-refractivity contribution in [3.8, 4) is 0 Å². The molecule has 0 rings (SSSR count). The van der Waals surface area contributed by atoms with E-state index in [2.05, 4.69) is 13.2 Å². The molecule has 13 heavy (non-hydrogen) atoms. The highest BCUT2D eigenvalue weighted by Gasteiger charge is 2.35. The van der Waals surface area contributed by atoms with Gasteiger partial charge in [0.25, 0.3) is 5.91 Å². The van der Waals surface area contributed by atoms with Crippen LogP contribution in [0.25, 0.3) is 0 Å². The predicted octanol–water partition coefficient (Wildman–Crippen LogP) is -0.0185. The summed E-state index contributed by atoms with van der Waals surface area (Å²) >= 11 is 0. The van der Waals surface area contributed by atoms with Crippen molar-refractivity contribution in [2.45, 2.75) is 12.0 Å². The number of aliphatic hydroxyl groups is 1. The highest BCUT2D eigenvalue weighted by molar-refractivity contribution is 5.83. The van der Waals surface area contributed by atoms with E-state index in [9.17, 15) is 4.79 Å². The minimum absolute atomic E-state index is 0.164. The molecule has 0 aromatic rings. The first-order valence-electron chi connectivity index (χ1n) is 3.89. The SMILES string of the molecule is C=CCOC(CO)(CC=C)C(N)=O. The molecule has 4 nitrogen and oxygen atoms in total. The van der Waals surface area contributed by atoms with Gasteiger partial charge in [0.05, 0.1) is 13.2 Å². The lowest BCUT2D eigenvalue weighted by atomic mass is 10.00. The first-order valence-corrected chi connectivity index (χ1v) is 3.89. The lowest BCUT2D eigenvalue weighted by Crippen LogP contribution is -2.49. The second-order valence-corrected chi connectivity index (χ2v) is 2.61. The molecule has 1 unspecified atom stereocenters. The number of rotatable bonds is 7. The third-order valence-electron chi connectivity index (χ3n) is 1.66. The molecule has 0 aromatic heterocycles. The van der Waals surface area contributed by atoms with E-state index in [4.69, 9.17) is 15.6 Å². The number of carbonyl (C=O) groups is 1. The van der Waals surface area contributed by atoms with Crippen LogP contribution in [0.5, 0.6) is 0 Å². The van der Waals surface area contributed by atoms with Crippen LogP contribution in [-0.2, 0) is 9.53 Å². The fraction of sp³-hybridized carbons (Fsp3) is 0.444. The van der Waals surface area contributed by atoms with Crippen molar-refractivity contribution in [2.24, 2.45) is 5.73 Å². The molecule has 0 saturated carbocycles. The summed E-state index contributed by atoms with van der Waals surface area (Å²) in [7, 11) is 0. The molecule has 0 radical (unpaired) electrons. The molecule has 0 aliphatic heterocycles. The minimum atomic E-state index is -1.35. The van der Waals surface area contributed by atoms with Crippen LogP contribution in [0.3, 0.4) is 0 Å². The van der Waals surface area contributed by atoms with Gasteiger partial charge in [-0.15, -0.1) is 13.2 Å². The Balaban J connectivity index is 4.52. The van der Waals surface area contributed by atoms with Crippen LogP contribution in [0.15, 0.2) is 25.3 Å². The largest absolute Gasteiger partial charge is 0.393 e. The zero-order chi connectivity index (χ0) is 10.3. The highest BCUT2D eigenvalue weighted by Crippen LogP contribution is 2.15. The van der Waals surface area contributed by atoms with Crippen molar-refractivity contribution in [3.05, 3.63) is 25.3 Å². The summed E-state index contributed by atoms with van der Waals surface area (Å²) in [5.74, 6) is -0.697. The van der Waals surface area contributed by atoms with Gasteiger partial charge in [0.1, 0.15) is 0 Å². The molecule has 0 aromatic carbocycles.